The van der Waals surface area contributed by atoms with E-state index in [0.29, 0.717) is 11.4 Å². The summed E-state index contributed by atoms with van der Waals surface area (Å²) in [6, 6.07) is 5.43. The smallest absolute Gasteiger partial charge is 0.244 e. The van der Waals surface area contributed by atoms with Crippen LogP contribution in [0.2, 0.25) is 0 Å². The average Bonchev–Trinajstić information content (AvgIpc) is 2.72. The fraction of sp³-hybridized carbons (Fsp3) is 0.438. The largest absolute Gasteiger partial charge is 0.345 e. The monoisotopic (exact) mass is 320 g/mol. The van der Waals surface area contributed by atoms with Crippen molar-refractivity contribution in [2.75, 3.05) is 19.6 Å². The summed E-state index contributed by atoms with van der Waals surface area (Å²) in [5.74, 6) is 0. The Morgan fingerprint density at radius 2 is 2.14 bits per heavy atom. The van der Waals surface area contributed by atoms with E-state index in [4.69, 9.17) is 0 Å². The first-order valence-electron chi connectivity index (χ1n) is 7.68. The van der Waals surface area contributed by atoms with E-state index in [9.17, 15) is 8.42 Å². The number of hydrogen-bond donors (Lipinski definition) is 1. The lowest BCUT2D eigenvalue weighted by molar-refractivity contribution is -0.654. The van der Waals surface area contributed by atoms with Gasteiger partial charge in [0.1, 0.15) is 0 Å². The number of nitrogens with two attached hydrogens (primary N) is 1. The molecule has 6 heteroatoms. The number of benzene rings is 1. The van der Waals surface area contributed by atoms with Gasteiger partial charge in [0, 0.05) is 36.1 Å². The van der Waals surface area contributed by atoms with E-state index < -0.39 is 10.0 Å². The Balaban J connectivity index is 2.17. The second-order valence-corrected chi connectivity index (χ2v) is 7.80. The number of nitrogens with zero attached hydrogens (tertiary/aromatic N) is 2. The highest BCUT2D eigenvalue weighted by Gasteiger charge is 2.32. The molecule has 2 aromatic rings. The molecular formula is C16H22N3O2S+. The van der Waals surface area contributed by atoms with Gasteiger partial charge in [0.25, 0.3) is 0 Å². The van der Waals surface area contributed by atoms with Crippen molar-refractivity contribution in [3.05, 3.63) is 36.2 Å². The zero-order valence-electron chi connectivity index (χ0n) is 13.0. The predicted molar refractivity (Wildman–Crippen MR) is 86.1 cm³/mol. The van der Waals surface area contributed by atoms with Gasteiger partial charge in [0.2, 0.25) is 10.0 Å². The van der Waals surface area contributed by atoms with Gasteiger partial charge in [-0.2, -0.15) is 4.31 Å². The number of quaternary nitrogens is 1. The summed E-state index contributed by atoms with van der Waals surface area (Å²) in [5, 5.41) is 3.85. The van der Waals surface area contributed by atoms with Gasteiger partial charge in [-0.15, -0.1) is 0 Å². The third-order valence-corrected chi connectivity index (χ3v) is 6.36. The molecule has 22 heavy (non-hydrogen) atoms. The first-order chi connectivity index (χ1) is 10.5. The minimum Gasteiger partial charge on any atom is -0.345 e. The maximum absolute atomic E-state index is 13.2. The summed E-state index contributed by atoms with van der Waals surface area (Å²) in [7, 11) is -3.50. The minimum atomic E-state index is -3.50. The highest BCUT2D eigenvalue weighted by molar-refractivity contribution is 7.89. The second-order valence-electron chi connectivity index (χ2n) is 5.94. The molecule has 2 heterocycles. The summed E-state index contributed by atoms with van der Waals surface area (Å²) in [4.78, 5) is 4.57. The first-order valence-corrected chi connectivity index (χ1v) is 9.12. The van der Waals surface area contributed by atoms with Gasteiger partial charge < -0.3 is 5.32 Å². The fourth-order valence-electron chi connectivity index (χ4n) is 3.16. The number of hydrogen-bond acceptors (Lipinski definition) is 3. The zero-order valence-corrected chi connectivity index (χ0v) is 13.8. The van der Waals surface area contributed by atoms with Crippen LogP contribution in [0.15, 0.2) is 35.5 Å². The van der Waals surface area contributed by atoms with Crippen molar-refractivity contribution in [2.24, 2.45) is 0 Å². The molecule has 1 aliphatic heterocycles. The second kappa shape index (κ2) is 5.95. The molecule has 0 bridgehead atoms. The van der Waals surface area contributed by atoms with E-state index in [-0.39, 0.29) is 6.04 Å². The Bertz CT molecular complexity index is 784. The van der Waals surface area contributed by atoms with Crippen molar-refractivity contribution in [3.63, 3.8) is 0 Å². The summed E-state index contributed by atoms with van der Waals surface area (Å²) in [6.45, 7) is 6.27. The van der Waals surface area contributed by atoms with Gasteiger partial charge in [-0.25, -0.2) is 8.42 Å². The van der Waals surface area contributed by atoms with Crippen LogP contribution in [0.3, 0.4) is 0 Å². The quantitative estimate of drug-likeness (QED) is 0.893. The van der Waals surface area contributed by atoms with Gasteiger partial charge in [-0.1, -0.05) is 12.1 Å². The van der Waals surface area contributed by atoms with E-state index in [1.165, 1.54) is 0 Å². The zero-order chi connectivity index (χ0) is 15.7. The van der Waals surface area contributed by atoms with Crippen molar-refractivity contribution in [2.45, 2.75) is 31.2 Å². The molecule has 0 saturated carbocycles. The Morgan fingerprint density at radius 3 is 2.95 bits per heavy atom. The highest BCUT2D eigenvalue weighted by atomic mass is 32.2. The lowest BCUT2D eigenvalue weighted by Crippen LogP contribution is -2.86. The fourth-order valence-corrected chi connectivity index (χ4v) is 5.13. The molecule has 118 valence electrons. The van der Waals surface area contributed by atoms with Gasteiger partial charge in [-0.05, 0) is 25.5 Å². The molecule has 1 fully saturated rings. The van der Waals surface area contributed by atoms with E-state index in [2.05, 4.69) is 10.3 Å². The van der Waals surface area contributed by atoms with Crippen LogP contribution in [0.4, 0.5) is 0 Å². The van der Waals surface area contributed by atoms with Gasteiger partial charge in [-0.3, -0.25) is 4.98 Å². The van der Waals surface area contributed by atoms with Crippen LogP contribution in [-0.2, 0) is 10.0 Å². The molecule has 0 amide bonds. The maximum Gasteiger partial charge on any atom is 0.244 e. The topological polar surface area (TPSA) is 66.9 Å². The summed E-state index contributed by atoms with van der Waals surface area (Å²) >= 11 is 0. The average molecular weight is 320 g/mol. The molecule has 0 radical (unpaired) electrons. The van der Waals surface area contributed by atoms with Gasteiger partial charge >= 0.3 is 0 Å². The molecule has 1 aromatic heterocycles. The molecule has 1 aromatic carbocycles. The summed E-state index contributed by atoms with van der Waals surface area (Å²) in [5.41, 5.74) is 0.894. The molecule has 1 atom stereocenters. The molecule has 0 aliphatic carbocycles. The van der Waals surface area contributed by atoms with Crippen LogP contribution in [0.1, 0.15) is 18.9 Å². The number of pyridine rings is 1. The Morgan fingerprint density at radius 1 is 1.32 bits per heavy atom. The van der Waals surface area contributed by atoms with Crippen LogP contribution in [-0.4, -0.2) is 43.4 Å². The first kappa shape index (κ1) is 15.4. The summed E-state index contributed by atoms with van der Waals surface area (Å²) < 4.78 is 28.1. The molecule has 3 rings (SSSR count). The van der Waals surface area contributed by atoms with E-state index in [0.717, 1.165) is 35.8 Å². The van der Waals surface area contributed by atoms with Crippen molar-refractivity contribution in [3.8, 4) is 0 Å². The number of sulfonamides is 1. The van der Waals surface area contributed by atoms with Crippen LogP contribution >= 0.6 is 0 Å². The van der Waals surface area contributed by atoms with Crippen LogP contribution in [0.25, 0.3) is 10.8 Å². The third-order valence-electron chi connectivity index (χ3n) is 4.31. The van der Waals surface area contributed by atoms with Crippen molar-refractivity contribution in [1.82, 2.24) is 9.29 Å². The van der Waals surface area contributed by atoms with Crippen LogP contribution in [0, 0.1) is 6.92 Å². The Labute approximate surface area is 131 Å². The van der Waals surface area contributed by atoms with Crippen molar-refractivity contribution in [1.29, 1.82) is 0 Å². The maximum atomic E-state index is 13.2. The van der Waals surface area contributed by atoms with E-state index >= 15 is 0 Å². The van der Waals surface area contributed by atoms with E-state index in [1.807, 2.05) is 19.9 Å². The van der Waals surface area contributed by atoms with E-state index in [1.54, 1.807) is 28.8 Å². The molecule has 1 saturated heterocycles. The number of fused-ring (bicyclic) bond motifs is 1. The highest BCUT2D eigenvalue weighted by Crippen LogP contribution is 2.28. The number of aryl methyl sites for hydroxylation is 1. The molecule has 5 nitrogen and oxygen atoms in total. The summed E-state index contributed by atoms with van der Waals surface area (Å²) in [6.07, 6.45) is 4.33. The van der Waals surface area contributed by atoms with Crippen molar-refractivity contribution >= 4 is 20.8 Å². The molecule has 2 N–H and O–H groups in total. The number of aromatic nitrogens is 1. The number of rotatable bonds is 2. The van der Waals surface area contributed by atoms with Gasteiger partial charge in [0.15, 0.2) is 0 Å². The van der Waals surface area contributed by atoms with Gasteiger partial charge in [0.05, 0.1) is 24.0 Å². The normalized spacial score (nSPS) is 20.9. The Hall–Kier alpha value is -1.50. The molecular weight excluding hydrogens is 298 g/mol. The standard InChI is InChI=1S/C16H21N3O2S/c1-12-9-18-11-14-5-3-6-15(16(12)14)22(20,21)19-8-4-7-17-10-13(19)2/h3,5-6,9,11,13,17H,4,7-8,10H2,1-2H3/p+1/t13-/m0/s1. The van der Waals surface area contributed by atoms with Crippen LogP contribution < -0.4 is 5.32 Å². The SMILES string of the molecule is Cc1cncc2cccc(S(=O)(=O)N3CCC[NH2+]C[C@@H]3C)c12. The molecule has 0 spiro atoms. The lowest BCUT2D eigenvalue weighted by Gasteiger charge is -2.25. The van der Waals surface area contributed by atoms with Crippen LogP contribution in [0.5, 0.6) is 0 Å². The van der Waals surface area contributed by atoms with Crippen molar-refractivity contribution < 1.29 is 13.7 Å². The molecule has 1 aliphatic rings. The lowest BCUT2D eigenvalue weighted by atomic mass is 10.1. The predicted octanol–water partition coefficient (Wildman–Crippen LogP) is 0.890. The third kappa shape index (κ3) is 2.62. The Kier molecular flexibility index (Phi) is 4.16. The minimum absolute atomic E-state index is 0.00454. The molecule has 0 unspecified atom stereocenters.